The summed E-state index contributed by atoms with van der Waals surface area (Å²) < 4.78 is 26.4. The van der Waals surface area contributed by atoms with Crippen LogP contribution in [0.2, 0.25) is 0 Å². The lowest BCUT2D eigenvalue weighted by molar-refractivity contribution is -0.146. The van der Waals surface area contributed by atoms with Crippen molar-refractivity contribution in [2.45, 2.75) is 38.6 Å². The van der Waals surface area contributed by atoms with Gasteiger partial charge in [0.15, 0.2) is 0 Å². The molecule has 1 rings (SSSR count). The lowest BCUT2D eigenvalue weighted by Crippen LogP contribution is -2.38. The van der Waals surface area contributed by atoms with E-state index in [1.165, 1.54) is 38.1 Å². The van der Waals surface area contributed by atoms with Crippen LogP contribution in [0.5, 0.6) is 0 Å². The first kappa shape index (κ1) is 19.1. The number of aliphatic carboxylic acids is 1. The molecule has 0 unspecified atom stereocenters. The van der Waals surface area contributed by atoms with Gasteiger partial charge in [-0.1, -0.05) is 0 Å². The summed E-state index contributed by atoms with van der Waals surface area (Å²) in [6.07, 6.45) is 0. The van der Waals surface area contributed by atoms with E-state index in [0.29, 0.717) is 0 Å². The summed E-state index contributed by atoms with van der Waals surface area (Å²) in [5.74, 6) is -1.47. The summed E-state index contributed by atoms with van der Waals surface area (Å²) >= 11 is 0. The van der Waals surface area contributed by atoms with Gasteiger partial charge < -0.3 is 10.4 Å². The molecule has 0 aromatic heterocycles. The number of carbonyl (C=O) groups is 2. The lowest BCUT2D eigenvalue weighted by atomic mass is 9.94. The quantitative estimate of drug-likeness (QED) is 0.689. The molecule has 3 N–H and O–H groups in total. The van der Waals surface area contributed by atoms with Gasteiger partial charge in [0, 0.05) is 18.2 Å². The minimum atomic E-state index is -3.61. The number of carboxylic acids is 1. The van der Waals surface area contributed by atoms with Gasteiger partial charge in [0.1, 0.15) is 0 Å². The van der Waals surface area contributed by atoms with Crippen molar-refractivity contribution in [1.29, 1.82) is 0 Å². The topological polar surface area (TPSA) is 113 Å². The monoisotopic (exact) mass is 342 g/mol. The Kier molecular flexibility index (Phi) is 5.90. The molecule has 23 heavy (non-hydrogen) atoms. The van der Waals surface area contributed by atoms with Crippen molar-refractivity contribution in [3.8, 4) is 0 Å². The molecule has 0 heterocycles. The molecule has 8 heteroatoms. The summed E-state index contributed by atoms with van der Waals surface area (Å²) in [7, 11) is -3.61. The molecular formula is C15H22N2O5S. The zero-order valence-corrected chi connectivity index (χ0v) is 14.4. The van der Waals surface area contributed by atoms with Gasteiger partial charge in [-0.15, -0.1) is 0 Å². The third kappa shape index (κ3) is 5.33. The van der Waals surface area contributed by atoms with Crippen LogP contribution >= 0.6 is 0 Å². The fraction of sp³-hybridized carbons (Fsp3) is 0.467. The Balaban J connectivity index is 2.81. The van der Waals surface area contributed by atoms with Gasteiger partial charge >= 0.3 is 5.97 Å². The minimum absolute atomic E-state index is 0.0316. The van der Waals surface area contributed by atoms with Crippen molar-refractivity contribution in [3.63, 3.8) is 0 Å². The highest BCUT2D eigenvalue weighted by atomic mass is 32.2. The Morgan fingerprint density at radius 1 is 1.17 bits per heavy atom. The number of hydrogen-bond donors (Lipinski definition) is 3. The molecule has 0 saturated heterocycles. The van der Waals surface area contributed by atoms with Crippen molar-refractivity contribution < 1.29 is 23.1 Å². The second-order valence-electron chi connectivity index (χ2n) is 6.17. The van der Waals surface area contributed by atoms with Crippen molar-refractivity contribution in [2.24, 2.45) is 5.41 Å². The van der Waals surface area contributed by atoms with Crippen LogP contribution < -0.4 is 10.0 Å². The van der Waals surface area contributed by atoms with E-state index >= 15 is 0 Å². The summed E-state index contributed by atoms with van der Waals surface area (Å²) in [4.78, 5) is 23.0. The number of nitrogens with one attached hydrogen (secondary N) is 2. The maximum Gasteiger partial charge on any atom is 0.310 e. The number of rotatable bonds is 7. The lowest BCUT2D eigenvalue weighted by Gasteiger charge is -2.19. The van der Waals surface area contributed by atoms with Crippen LogP contribution in [-0.4, -0.2) is 38.0 Å². The van der Waals surface area contributed by atoms with Gasteiger partial charge in [-0.2, -0.15) is 0 Å². The Bertz CT molecular complexity index is 678. The minimum Gasteiger partial charge on any atom is -0.481 e. The molecule has 0 atom stereocenters. The predicted octanol–water partition coefficient (Wildman–Crippen LogP) is 1.21. The molecule has 0 aliphatic heterocycles. The Morgan fingerprint density at radius 2 is 1.70 bits per heavy atom. The molecule has 0 bridgehead atoms. The zero-order valence-electron chi connectivity index (χ0n) is 13.6. The van der Waals surface area contributed by atoms with E-state index in [1.807, 2.05) is 0 Å². The molecule has 0 fully saturated rings. The highest BCUT2D eigenvalue weighted by Crippen LogP contribution is 2.14. The number of carbonyl (C=O) groups excluding carboxylic acids is 1. The second-order valence-corrected chi connectivity index (χ2v) is 7.89. The van der Waals surface area contributed by atoms with E-state index < -0.39 is 27.3 Å². The highest BCUT2D eigenvalue weighted by Gasteiger charge is 2.27. The van der Waals surface area contributed by atoms with Crippen LogP contribution in [0.1, 0.15) is 38.1 Å². The van der Waals surface area contributed by atoms with E-state index in [-0.39, 0.29) is 23.0 Å². The third-order valence-corrected chi connectivity index (χ3v) is 4.76. The molecule has 1 aromatic rings. The smallest absolute Gasteiger partial charge is 0.310 e. The van der Waals surface area contributed by atoms with Gasteiger partial charge in [0.25, 0.3) is 5.91 Å². The zero-order chi connectivity index (χ0) is 17.8. The first-order valence-electron chi connectivity index (χ1n) is 7.10. The van der Waals surface area contributed by atoms with Crippen molar-refractivity contribution >= 4 is 21.9 Å². The van der Waals surface area contributed by atoms with E-state index in [2.05, 4.69) is 10.0 Å². The van der Waals surface area contributed by atoms with E-state index in [9.17, 15) is 18.0 Å². The molecule has 0 radical (unpaired) electrons. The molecule has 0 aliphatic rings. The average Bonchev–Trinajstić information content (AvgIpc) is 2.43. The molecule has 1 aromatic carbocycles. The predicted molar refractivity (Wildman–Crippen MR) is 85.6 cm³/mol. The number of sulfonamides is 1. The first-order valence-corrected chi connectivity index (χ1v) is 8.58. The number of amides is 1. The largest absolute Gasteiger partial charge is 0.481 e. The maximum atomic E-state index is 12.0. The number of hydrogen-bond acceptors (Lipinski definition) is 4. The van der Waals surface area contributed by atoms with Gasteiger partial charge in [-0.25, -0.2) is 13.1 Å². The van der Waals surface area contributed by atoms with Crippen LogP contribution in [-0.2, 0) is 14.8 Å². The molecule has 0 spiro atoms. The normalized spacial score (nSPS) is 12.2. The standard InChI is InChI=1S/C15H22N2O5S/c1-10(2)17-23(21,22)12-7-5-11(6-8-12)13(18)16-9-15(3,4)14(19)20/h5-8,10,17H,9H2,1-4H3,(H,16,18)(H,19,20). The van der Waals surface area contributed by atoms with Crippen LogP contribution in [0.3, 0.4) is 0 Å². The first-order chi connectivity index (χ1) is 10.5. The SMILES string of the molecule is CC(C)NS(=O)(=O)c1ccc(C(=O)NCC(C)(C)C(=O)O)cc1. The fourth-order valence-electron chi connectivity index (χ4n) is 1.64. The summed E-state index contributed by atoms with van der Waals surface area (Å²) in [5.41, 5.74) is -0.824. The van der Waals surface area contributed by atoms with E-state index in [0.717, 1.165) is 0 Å². The summed E-state index contributed by atoms with van der Waals surface area (Å²) in [5, 5.41) is 11.5. The van der Waals surface area contributed by atoms with Crippen LogP contribution in [0.15, 0.2) is 29.2 Å². The van der Waals surface area contributed by atoms with Crippen molar-refractivity contribution in [2.75, 3.05) is 6.54 Å². The second kappa shape index (κ2) is 7.10. The van der Waals surface area contributed by atoms with E-state index in [1.54, 1.807) is 13.8 Å². The molecule has 0 aliphatic carbocycles. The Hall–Kier alpha value is -1.93. The van der Waals surface area contributed by atoms with Gasteiger partial charge in [0.2, 0.25) is 10.0 Å². The van der Waals surface area contributed by atoms with Gasteiger partial charge in [-0.05, 0) is 52.0 Å². The maximum absolute atomic E-state index is 12.0. The average molecular weight is 342 g/mol. The summed E-state index contributed by atoms with van der Waals surface area (Å²) in [6, 6.07) is 5.21. The van der Waals surface area contributed by atoms with Crippen LogP contribution in [0.25, 0.3) is 0 Å². The van der Waals surface area contributed by atoms with Crippen LogP contribution in [0, 0.1) is 5.41 Å². The third-order valence-electron chi connectivity index (χ3n) is 3.09. The van der Waals surface area contributed by atoms with E-state index in [4.69, 9.17) is 5.11 Å². The molecule has 0 saturated carbocycles. The Morgan fingerprint density at radius 3 is 2.13 bits per heavy atom. The van der Waals surface area contributed by atoms with Crippen molar-refractivity contribution in [1.82, 2.24) is 10.0 Å². The molecule has 128 valence electrons. The van der Waals surface area contributed by atoms with Gasteiger partial charge in [-0.3, -0.25) is 9.59 Å². The highest BCUT2D eigenvalue weighted by molar-refractivity contribution is 7.89. The molecule has 1 amide bonds. The van der Waals surface area contributed by atoms with Crippen molar-refractivity contribution in [3.05, 3.63) is 29.8 Å². The van der Waals surface area contributed by atoms with Crippen LogP contribution in [0.4, 0.5) is 0 Å². The Labute approximate surface area is 136 Å². The molecule has 7 nitrogen and oxygen atoms in total. The summed E-state index contributed by atoms with van der Waals surface area (Å²) in [6.45, 7) is 6.40. The number of carboxylic acid groups (broad SMARTS) is 1. The fourth-order valence-corrected chi connectivity index (χ4v) is 2.89. The molecular weight excluding hydrogens is 320 g/mol. The number of benzene rings is 1. The van der Waals surface area contributed by atoms with Gasteiger partial charge in [0.05, 0.1) is 10.3 Å².